The number of hydrogen-bond acceptors (Lipinski definition) is 4. The zero-order valence-corrected chi connectivity index (χ0v) is 11.9. The van der Waals surface area contributed by atoms with E-state index in [1.54, 1.807) is 6.92 Å². The van der Waals surface area contributed by atoms with Gasteiger partial charge >= 0.3 is 5.97 Å². The minimum absolute atomic E-state index is 0.00624. The van der Waals surface area contributed by atoms with Crippen molar-refractivity contribution in [1.82, 2.24) is 5.32 Å². The fraction of sp³-hybridized carbons (Fsp3) is 0.857. The van der Waals surface area contributed by atoms with E-state index in [0.29, 0.717) is 32.4 Å². The quantitative estimate of drug-likeness (QED) is 0.542. The smallest absolute Gasteiger partial charge is 0.305 e. The van der Waals surface area contributed by atoms with Crippen molar-refractivity contribution in [3.8, 4) is 0 Å². The summed E-state index contributed by atoms with van der Waals surface area (Å²) in [6, 6.07) is 0. The Hall–Kier alpha value is -1.10. The zero-order valence-electron chi connectivity index (χ0n) is 11.9. The monoisotopic (exact) mass is 270 g/mol. The van der Waals surface area contributed by atoms with Crippen LogP contribution in [0.4, 0.5) is 0 Å². The van der Waals surface area contributed by atoms with Crippen LogP contribution in [0.1, 0.15) is 58.3 Å². The summed E-state index contributed by atoms with van der Waals surface area (Å²) in [5.41, 5.74) is 5.90. The first-order valence-corrected chi connectivity index (χ1v) is 7.27. The molecule has 0 aliphatic heterocycles. The molecule has 3 N–H and O–H groups in total. The third-order valence-corrected chi connectivity index (χ3v) is 3.55. The molecule has 0 aromatic carbocycles. The first-order valence-electron chi connectivity index (χ1n) is 7.27. The van der Waals surface area contributed by atoms with E-state index in [1.807, 2.05) is 0 Å². The van der Waals surface area contributed by atoms with Crippen LogP contribution in [-0.4, -0.2) is 30.6 Å². The van der Waals surface area contributed by atoms with Crippen LogP contribution in [0.3, 0.4) is 0 Å². The van der Waals surface area contributed by atoms with Crippen LogP contribution < -0.4 is 11.1 Å². The summed E-state index contributed by atoms with van der Waals surface area (Å²) in [4.78, 5) is 22.9. The van der Waals surface area contributed by atoms with Crippen molar-refractivity contribution in [2.75, 3.05) is 13.2 Å². The van der Waals surface area contributed by atoms with Gasteiger partial charge < -0.3 is 15.8 Å². The maximum Gasteiger partial charge on any atom is 0.305 e. The second-order valence-corrected chi connectivity index (χ2v) is 5.36. The molecule has 0 heterocycles. The van der Waals surface area contributed by atoms with Crippen molar-refractivity contribution in [1.29, 1.82) is 0 Å². The van der Waals surface area contributed by atoms with Crippen LogP contribution in [0.25, 0.3) is 0 Å². The molecule has 0 aromatic heterocycles. The number of hydrogen-bond donors (Lipinski definition) is 2. The third kappa shape index (κ3) is 6.57. The Kier molecular flexibility index (Phi) is 6.84. The summed E-state index contributed by atoms with van der Waals surface area (Å²) in [6.07, 6.45) is 6.68. The summed E-state index contributed by atoms with van der Waals surface area (Å²) < 4.78 is 4.81. The van der Waals surface area contributed by atoms with Gasteiger partial charge in [-0.25, -0.2) is 0 Å². The van der Waals surface area contributed by atoms with Crippen molar-refractivity contribution < 1.29 is 14.3 Å². The molecule has 0 atom stereocenters. The number of ether oxygens (including phenoxy) is 1. The minimum atomic E-state index is -0.316. The van der Waals surface area contributed by atoms with Gasteiger partial charge in [0.05, 0.1) is 6.61 Å². The van der Waals surface area contributed by atoms with Crippen molar-refractivity contribution in [2.24, 2.45) is 5.73 Å². The number of amides is 1. The SMILES string of the molecule is CCOC(=O)CCCNC(=O)CC1(N)CCCCC1. The molecule has 0 unspecified atom stereocenters. The molecule has 0 aromatic rings. The minimum Gasteiger partial charge on any atom is -0.466 e. The van der Waals surface area contributed by atoms with Gasteiger partial charge in [-0.3, -0.25) is 9.59 Å². The van der Waals surface area contributed by atoms with Crippen molar-refractivity contribution >= 4 is 11.9 Å². The topological polar surface area (TPSA) is 81.4 Å². The summed E-state index contributed by atoms with van der Waals surface area (Å²) in [5.74, 6) is -0.215. The number of nitrogens with two attached hydrogens (primary N) is 1. The van der Waals surface area contributed by atoms with E-state index in [9.17, 15) is 9.59 Å². The van der Waals surface area contributed by atoms with Gasteiger partial charge in [0.15, 0.2) is 0 Å². The highest BCUT2D eigenvalue weighted by Gasteiger charge is 2.29. The molecule has 1 saturated carbocycles. The molecule has 1 aliphatic rings. The average molecular weight is 270 g/mol. The van der Waals surface area contributed by atoms with Crippen molar-refractivity contribution in [2.45, 2.75) is 63.8 Å². The van der Waals surface area contributed by atoms with E-state index in [1.165, 1.54) is 6.42 Å². The van der Waals surface area contributed by atoms with Gasteiger partial charge in [-0.15, -0.1) is 0 Å². The Morgan fingerprint density at radius 3 is 2.58 bits per heavy atom. The molecule has 5 nitrogen and oxygen atoms in total. The van der Waals surface area contributed by atoms with Crippen LogP contribution in [-0.2, 0) is 14.3 Å². The van der Waals surface area contributed by atoms with Gasteiger partial charge in [0, 0.05) is 24.9 Å². The second-order valence-electron chi connectivity index (χ2n) is 5.36. The first-order chi connectivity index (χ1) is 9.06. The summed E-state index contributed by atoms with van der Waals surface area (Å²) in [7, 11) is 0. The van der Waals surface area contributed by atoms with Crippen molar-refractivity contribution in [3.63, 3.8) is 0 Å². The lowest BCUT2D eigenvalue weighted by Crippen LogP contribution is -2.46. The summed E-state index contributed by atoms with van der Waals surface area (Å²) in [6.45, 7) is 2.69. The average Bonchev–Trinajstić information content (AvgIpc) is 2.35. The largest absolute Gasteiger partial charge is 0.466 e. The Morgan fingerprint density at radius 1 is 1.26 bits per heavy atom. The molecule has 1 fully saturated rings. The van der Waals surface area contributed by atoms with Gasteiger partial charge in [-0.05, 0) is 26.2 Å². The normalized spacial score (nSPS) is 17.8. The molecule has 0 saturated heterocycles. The molecule has 5 heteroatoms. The molecular formula is C14H26N2O3. The standard InChI is InChI=1S/C14H26N2O3/c1-2-19-13(18)7-6-10-16-12(17)11-14(15)8-4-3-5-9-14/h2-11,15H2,1H3,(H,16,17). The highest BCUT2D eigenvalue weighted by molar-refractivity contribution is 5.77. The maximum absolute atomic E-state index is 11.8. The Labute approximate surface area is 115 Å². The molecule has 0 bridgehead atoms. The molecule has 110 valence electrons. The predicted octanol–water partition coefficient (Wildman–Crippen LogP) is 1.50. The number of esters is 1. The lowest BCUT2D eigenvalue weighted by atomic mass is 9.80. The van der Waals surface area contributed by atoms with Gasteiger partial charge in [0.25, 0.3) is 0 Å². The van der Waals surface area contributed by atoms with E-state index >= 15 is 0 Å². The summed E-state index contributed by atoms with van der Waals surface area (Å²) in [5, 5.41) is 2.83. The molecule has 19 heavy (non-hydrogen) atoms. The predicted molar refractivity (Wildman–Crippen MR) is 73.5 cm³/mol. The van der Waals surface area contributed by atoms with Crippen molar-refractivity contribution in [3.05, 3.63) is 0 Å². The fourth-order valence-corrected chi connectivity index (χ4v) is 2.51. The molecular weight excluding hydrogens is 244 g/mol. The van der Waals surface area contributed by atoms with Gasteiger partial charge in [-0.2, -0.15) is 0 Å². The highest BCUT2D eigenvalue weighted by Crippen LogP contribution is 2.28. The van der Waals surface area contributed by atoms with Crippen LogP contribution >= 0.6 is 0 Å². The highest BCUT2D eigenvalue weighted by atomic mass is 16.5. The van der Waals surface area contributed by atoms with Crippen LogP contribution in [0, 0.1) is 0 Å². The lowest BCUT2D eigenvalue weighted by molar-refractivity contribution is -0.143. The van der Waals surface area contributed by atoms with Gasteiger partial charge in [0.1, 0.15) is 0 Å². The molecule has 0 spiro atoms. The molecule has 1 rings (SSSR count). The van der Waals surface area contributed by atoms with E-state index in [-0.39, 0.29) is 17.4 Å². The maximum atomic E-state index is 11.8. The Morgan fingerprint density at radius 2 is 1.95 bits per heavy atom. The first kappa shape index (κ1) is 16.0. The fourth-order valence-electron chi connectivity index (χ4n) is 2.51. The van der Waals surface area contributed by atoms with Gasteiger partial charge in [0.2, 0.25) is 5.91 Å². The molecule has 0 radical (unpaired) electrons. The van der Waals surface area contributed by atoms with E-state index in [4.69, 9.17) is 10.5 Å². The second kappa shape index (κ2) is 8.15. The van der Waals surface area contributed by atoms with E-state index < -0.39 is 0 Å². The zero-order chi connectivity index (χ0) is 14.1. The lowest BCUT2D eigenvalue weighted by Gasteiger charge is -2.32. The van der Waals surface area contributed by atoms with Crippen LogP contribution in [0.15, 0.2) is 0 Å². The molecule has 1 amide bonds. The van der Waals surface area contributed by atoms with Crippen LogP contribution in [0.2, 0.25) is 0 Å². The number of rotatable bonds is 7. The van der Waals surface area contributed by atoms with E-state index in [0.717, 1.165) is 25.7 Å². The van der Waals surface area contributed by atoms with Crippen LogP contribution in [0.5, 0.6) is 0 Å². The molecule has 1 aliphatic carbocycles. The Balaban J connectivity index is 2.12. The number of nitrogens with one attached hydrogen (secondary N) is 1. The summed E-state index contributed by atoms with van der Waals surface area (Å²) >= 11 is 0. The third-order valence-electron chi connectivity index (χ3n) is 3.55. The van der Waals surface area contributed by atoms with Gasteiger partial charge in [-0.1, -0.05) is 19.3 Å². The number of carbonyl (C=O) groups excluding carboxylic acids is 2. The number of carbonyl (C=O) groups is 2. The Bertz CT molecular complexity index is 299. The van der Waals surface area contributed by atoms with E-state index in [2.05, 4.69) is 5.32 Å².